The van der Waals surface area contributed by atoms with E-state index in [4.69, 9.17) is 18.9 Å². The van der Waals surface area contributed by atoms with E-state index in [0.717, 1.165) is 23.0 Å². The van der Waals surface area contributed by atoms with Gasteiger partial charge in [-0.3, -0.25) is 0 Å². The van der Waals surface area contributed by atoms with Crippen molar-refractivity contribution >= 4 is 34.6 Å². The lowest BCUT2D eigenvalue weighted by Crippen LogP contribution is -2.31. The minimum atomic E-state index is -0.197. The zero-order chi connectivity index (χ0) is 75.0. The van der Waals surface area contributed by atoms with Crippen molar-refractivity contribution in [3.8, 4) is 23.0 Å². The molecule has 10 rings (SSSR count). The maximum atomic E-state index is 6.52. The Morgan fingerprint density at radius 2 is 0.510 bits per heavy atom. The van der Waals surface area contributed by atoms with Gasteiger partial charge in [0.05, 0.1) is 47.2 Å². The number of hydrogen-bond donors (Lipinski definition) is 0. The van der Waals surface area contributed by atoms with E-state index < -0.39 is 0 Å². The second-order valence-electron chi connectivity index (χ2n) is 38.8. The molecular weight excluding hydrogens is 1270 g/mol. The predicted molar refractivity (Wildman–Crippen MR) is 441 cm³/mol. The van der Waals surface area contributed by atoms with Crippen molar-refractivity contribution in [1.82, 2.24) is 0 Å². The summed E-state index contributed by atoms with van der Waals surface area (Å²) in [5.41, 5.74) is 26.7. The number of methoxy groups -OCH3 is 4. The van der Waals surface area contributed by atoms with Crippen LogP contribution in [0.4, 0.5) is 11.4 Å². The number of rotatable bonds is 14. The van der Waals surface area contributed by atoms with Crippen LogP contribution >= 0.6 is 12.4 Å². The van der Waals surface area contributed by atoms with E-state index in [1.807, 2.05) is 28.4 Å². The molecule has 0 radical (unpaired) electrons. The SMILES string of the molecule is COc1c(C(C)(C)C)cc([C@@H](C)c2cc(C)cc([C@H](C)c3cc(C(C)(C)C)c(OC)c(C(C)(C)C)c3)c2N2CN(c3c([C@H](C)c4cc(C(C)(C)C)c(OC)c(C(C)(C)C)c4)cc(C)cc3[C@H](C)c3cc(C(C)(C)C)c(OC)c(C(C)(C)C)c3)C3c4cccc5cccc(c45)C32)cc1C(C)(C)C.Cl. The maximum Gasteiger partial charge on any atom is 0.126 e. The van der Waals surface area contributed by atoms with E-state index in [2.05, 4.69) is 327 Å². The van der Waals surface area contributed by atoms with Gasteiger partial charge in [0.2, 0.25) is 0 Å². The van der Waals surface area contributed by atoms with Crippen LogP contribution in [0.1, 0.15) is 341 Å². The molecule has 102 heavy (non-hydrogen) atoms. The standard InChI is InChI=1S/C95H128N2O4.ClH/c1-54-41-67(56(3)61-45-71(88(7,8)9)84(98-31)72(46-61)89(10,11)12)80(68(42-54)57(4)62-47-73(90(13,14)15)85(99-32)74(48-62)91(16,17)18)96-53-97(83-66-40-36-38-60-37-35-39-65(79(60)66)82(83)96)81-69(58(5)63-49-75(92(19,20)21)86(100-33)76(50-63)93(22,23)24)43-55(2)44-70(81)59(6)64-51-77(94(25,26)27)87(101-34)78(52-64)95(28,29)30;/h35-52,56-59,82-83H,53H2,1-34H3;1H/t56-,57-,58-,59-,82?,83?;/m1./s1. The molecule has 0 spiro atoms. The highest BCUT2D eigenvalue weighted by molar-refractivity contribution is 5.95. The van der Waals surface area contributed by atoms with Crippen LogP contribution in [0, 0.1) is 13.8 Å². The topological polar surface area (TPSA) is 43.4 Å². The van der Waals surface area contributed by atoms with Crippen LogP contribution in [0.2, 0.25) is 0 Å². The predicted octanol–water partition coefficient (Wildman–Crippen LogP) is 26.0. The van der Waals surface area contributed by atoms with Crippen molar-refractivity contribution in [1.29, 1.82) is 0 Å². The third-order valence-corrected chi connectivity index (χ3v) is 22.7. The molecule has 550 valence electrons. The normalized spacial score (nSPS) is 16.6. The second-order valence-corrected chi connectivity index (χ2v) is 38.8. The van der Waals surface area contributed by atoms with Crippen LogP contribution in [-0.4, -0.2) is 35.1 Å². The van der Waals surface area contributed by atoms with Crippen LogP contribution in [0.25, 0.3) is 10.8 Å². The summed E-state index contributed by atoms with van der Waals surface area (Å²) in [6, 6.07) is 44.3. The average molecular weight is 1400 g/mol. The maximum absolute atomic E-state index is 6.52. The number of fused-ring (bicyclic) bond motifs is 3. The molecular formula is C95H129ClN2O4. The van der Waals surface area contributed by atoms with Crippen molar-refractivity contribution in [3.63, 3.8) is 0 Å². The molecule has 2 aliphatic rings. The lowest BCUT2D eigenvalue weighted by molar-refractivity contribution is 0.380. The highest BCUT2D eigenvalue weighted by Crippen LogP contribution is 2.61. The molecule has 1 fully saturated rings. The zero-order valence-corrected chi connectivity index (χ0v) is 70.3. The van der Waals surface area contributed by atoms with E-state index in [1.165, 1.54) is 133 Å². The summed E-state index contributed by atoms with van der Waals surface area (Å²) in [7, 11) is 7.44. The molecule has 0 aromatic heterocycles. The molecule has 8 aromatic rings. The van der Waals surface area contributed by atoms with E-state index in [-0.39, 0.29) is 91.5 Å². The van der Waals surface area contributed by atoms with Gasteiger partial charge in [0, 0.05) is 79.6 Å². The summed E-state index contributed by atoms with van der Waals surface area (Å²) < 4.78 is 26.1. The molecule has 2 unspecified atom stereocenters. The smallest absolute Gasteiger partial charge is 0.126 e. The first-order valence-electron chi connectivity index (χ1n) is 37.7. The van der Waals surface area contributed by atoms with Gasteiger partial charge in [-0.2, -0.15) is 0 Å². The third kappa shape index (κ3) is 14.5. The van der Waals surface area contributed by atoms with E-state index in [9.17, 15) is 0 Å². The van der Waals surface area contributed by atoms with Crippen LogP contribution < -0.4 is 28.7 Å². The number of hydrogen-bond acceptors (Lipinski definition) is 6. The average Bonchev–Trinajstić information content (AvgIpc) is 1.53. The van der Waals surface area contributed by atoms with Gasteiger partial charge in [-0.1, -0.05) is 314 Å². The molecule has 1 heterocycles. The monoisotopic (exact) mass is 1400 g/mol. The molecule has 6 nitrogen and oxygen atoms in total. The first-order chi connectivity index (χ1) is 46.5. The fourth-order valence-electron chi connectivity index (χ4n) is 17.0. The number of nitrogens with zero attached hydrogens (tertiary/aromatic N) is 2. The van der Waals surface area contributed by atoms with Gasteiger partial charge in [0.15, 0.2) is 0 Å². The Labute approximate surface area is 624 Å². The number of anilines is 2. The Morgan fingerprint density at radius 3 is 0.686 bits per heavy atom. The lowest BCUT2D eigenvalue weighted by Gasteiger charge is -2.37. The van der Waals surface area contributed by atoms with Crippen molar-refractivity contribution in [3.05, 3.63) is 220 Å². The van der Waals surface area contributed by atoms with E-state index in [1.54, 1.807) is 0 Å². The number of ether oxygens (including phenoxy) is 4. The summed E-state index contributed by atoms with van der Waals surface area (Å²) in [6.07, 6.45) is 0. The van der Waals surface area contributed by atoms with Gasteiger partial charge in [0.25, 0.3) is 0 Å². The van der Waals surface area contributed by atoms with Gasteiger partial charge < -0.3 is 28.7 Å². The molecule has 7 heteroatoms. The van der Waals surface area contributed by atoms with Gasteiger partial charge in [0.1, 0.15) is 23.0 Å². The fourth-order valence-corrected chi connectivity index (χ4v) is 17.0. The van der Waals surface area contributed by atoms with Gasteiger partial charge in [-0.15, -0.1) is 12.4 Å². The van der Waals surface area contributed by atoms with Crippen LogP contribution in [0.3, 0.4) is 0 Å². The molecule has 1 aliphatic heterocycles. The number of benzene rings is 8. The molecule has 1 saturated heterocycles. The minimum absolute atomic E-state index is 0. The molecule has 6 atom stereocenters. The minimum Gasteiger partial charge on any atom is -0.496 e. The summed E-state index contributed by atoms with van der Waals surface area (Å²) in [5.74, 6) is 3.80. The Hall–Kier alpha value is -6.89. The summed E-state index contributed by atoms with van der Waals surface area (Å²) in [5, 5.41) is 2.65. The lowest BCUT2D eigenvalue weighted by atomic mass is 9.75. The molecule has 0 saturated carbocycles. The largest absolute Gasteiger partial charge is 0.496 e. The van der Waals surface area contributed by atoms with Gasteiger partial charge >= 0.3 is 0 Å². The van der Waals surface area contributed by atoms with Crippen molar-refractivity contribution in [2.45, 2.75) is 287 Å². The Morgan fingerprint density at radius 1 is 0.314 bits per heavy atom. The van der Waals surface area contributed by atoms with Gasteiger partial charge in [-0.05, 0) is 124 Å². The first-order valence-corrected chi connectivity index (χ1v) is 37.7. The molecule has 8 aromatic carbocycles. The third-order valence-electron chi connectivity index (χ3n) is 22.7. The molecule has 0 bridgehead atoms. The van der Waals surface area contributed by atoms with E-state index in [0.29, 0.717) is 6.67 Å². The number of aryl methyl sites for hydroxylation is 2. The van der Waals surface area contributed by atoms with Crippen LogP contribution in [-0.2, 0) is 43.3 Å². The molecule has 0 N–H and O–H groups in total. The summed E-state index contributed by atoms with van der Waals surface area (Å²) >= 11 is 0. The Kier molecular flexibility index (Phi) is 21.4. The van der Waals surface area contributed by atoms with Crippen molar-refractivity contribution in [2.24, 2.45) is 0 Å². The highest BCUT2D eigenvalue weighted by Gasteiger charge is 2.51. The quantitative estimate of drug-likeness (QED) is 0.108. The Balaban J connectivity index is 0.0000121. The van der Waals surface area contributed by atoms with Crippen molar-refractivity contribution in [2.75, 3.05) is 44.9 Å². The van der Waals surface area contributed by atoms with Crippen LogP contribution in [0.5, 0.6) is 23.0 Å². The Bertz CT molecular complexity index is 3830. The first kappa shape index (κ1) is 79.2. The fraction of sp³-hybridized carbons (Fsp3) is 0.516. The highest BCUT2D eigenvalue weighted by atomic mass is 35.5. The molecule has 1 aliphatic carbocycles. The van der Waals surface area contributed by atoms with E-state index >= 15 is 0 Å². The summed E-state index contributed by atoms with van der Waals surface area (Å²) in [6.45, 7) is 71.4. The second kappa shape index (κ2) is 27.5. The zero-order valence-electron chi connectivity index (χ0n) is 69.5. The van der Waals surface area contributed by atoms with Gasteiger partial charge in [-0.25, -0.2) is 0 Å². The van der Waals surface area contributed by atoms with Crippen molar-refractivity contribution < 1.29 is 18.9 Å². The summed E-state index contributed by atoms with van der Waals surface area (Å²) in [4.78, 5) is 5.84. The molecule has 0 amide bonds. The number of halogens is 1. The van der Waals surface area contributed by atoms with Crippen LogP contribution in [0.15, 0.2) is 109 Å².